The molecule has 3 N–H and O–H groups in total. The number of rotatable bonds is 3. The number of nitrogens with zero attached hydrogens (tertiary/aromatic N) is 2. The highest BCUT2D eigenvalue weighted by molar-refractivity contribution is 7.13. The van der Waals surface area contributed by atoms with Crippen LogP contribution in [0.3, 0.4) is 0 Å². The zero-order valence-corrected chi connectivity index (χ0v) is 11.1. The zero-order chi connectivity index (χ0) is 12.4. The maximum atomic E-state index is 5.52. The van der Waals surface area contributed by atoms with E-state index in [1.54, 1.807) is 11.3 Å². The number of nitrogens with one attached hydrogen (secondary N) is 1. The molecule has 0 radical (unpaired) electrons. The van der Waals surface area contributed by atoms with Crippen LogP contribution in [0.1, 0.15) is 23.7 Å². The summed E-state index contributed by atoms with van der Waals surface area (Å²) in [6.45, 7) is 6.13. The van der Waals surface area contributed by atoms with Crippen molar-refractivity contribution in [1.82, 2.24) is 9.97 Å². The van der Waals surface area contributed by atoms with Crippen molar-refractivity contribution in [3.63, 3.8) is 0 Å². The minimum Gasteiger partial charge on any atom is -0.308 e. The fourth-order valence-corrected chi connectivity index (χ4v) is 2.70. The standard InChI is InChI=1S/C12H16N4S/c1-4-9-8(3)14-12(15-11(9)16-13)10-7(2)5-6-17-10/h5-6H,4,13H2,1-3H3,(H,14,15,16). The molecule has 0 saturated heterocycles. The third-order valence-electron chi connectivity index (χ3n) is 2.77. The number of hydrogen-bond acceptors (Lipinski definition) is 5. The summed E-state index contributed by atoms with van der Waals surface area (Å²) < 4.78 is 0. The van der Waals surface area contributed by atoms with Crippen molar-refractivity contribution in [2.45, 2.75) is 27.2 Å². The largest absolute Gasteiger partial charge is 0.308 e. The Kier molecular flexibility index (Phi) is 3.40. The van der Waals surface area contributed by atoms with Crippen molar-refractivity contribution >= 4 is 17.2 Å². The summed E-state index contributed by atoms with van der Waals surface area (Å²) in [5.41, 5.74) is 5.92. The molecule has 0 bridgehead atoms. The molecule has 2 heterocycles. The minimum atomic E-state index is 0.725. The number of hydrazine groups is 1. The number of aryl methyl sites for hydroxylation is 2. The van der Waals surface area contributed by atoms with Crippen LogP contribution >= 0.6 is 11.3 Å². The first-order chi connectivity index (χ1) is 8.17. The van der Waals surface area contributed by atoms with Crippen LogP contribution in [0.2, 0.25) is 0 Å². The van der Waals surface area contributed by atoms with Gasteiger partial charge in [0.1, 0.15) is 5.82 Å². The van der Waals surface area contributed by atoms with E-state index in [9.17, 15) is 0 Å². The maximum Gasteiger partial charge on any atom is 0.172 e. The monoisotopic (exact) mass is 248 g/mol. The van der Waals surface area contributed by atoms with Crippen molar-refractivity contribution in [2.24, 2.45) is 5.84 Å². The van der Waals surface area contributed by atoms with Gasteiger partial charge in [0, 0.05) is 11.3 Å². The van der Waals surface area contributed by atoms with Crippen molar-refractivity contribution in [1.29, 1.82) is 0 Å². The summed E-state index contributed by atoms with van der Waals surface area (Å²) in [6.07, 6.45) is 0.870. The molecule has 0 aliphatic rings. The van der Waals surface area contributed by atoms with Gasteiger partial charge in [-0.3, -0.25) is 0 Å². The number of nitrogens with two attached hydrogens (primary N) is 1. The van der Waals surface area contributed by atoms with Gasteiger partial charge in [-0.05, 0) is 37.3 Å². The van der Waals surface area contributed by atoms with Crippen molar-refractivity contribution < 1.29 is 0 Å². The lowest BCUT2D eigenvalue weighted by molar-refractivity contribution is 0.996. The third kappa shape index (κ3) is 2.16. The van der Waals surface area contributed by atoms with E-state index in [0.717, 1.165) is 34.2 Å². The van der Waals surface area contributed by atoms with Crippen molar-refractivity contribution in [3.05, 3.63) is 28.3 Å². The van der Waals surface area contributed by atoms with E-state index in [1.165, 1.54) is 5.56 Å². The SMILES string of the molecule is CCc1c(C)nc(-c2sccc2C)nc1NN. The van der Waals surface area contributed by atoms with Crippen LogP contribution in [0.5, 0.6) is 0 Å². The molecule has 0 fully saturated rings. The molecule has 0 aliphatic heterocycles. The van der Waals surface area contributed by atoms with Gasteiger partial charge in [0.05, 0.1) is 4.88 Å². The summed E-state index contributed by atoms with van der Waals surface area (Å²) in [4.78, 5) is 10.2. The molecule has 0 aromatic carbocycles. The van der Waals surface area contributed by atoms with Gasteiger partial charge >= 0.3 is 0 Å². The fraction of sp³-hybridized carbons (Fsp3) is 0.333. The highest BCUT2D eigenvalue weighted by Gasteiger charge is 2.12. The molecule has 0 aliphatic carbocycles. The predicted molar refractivity (Wildman–Crippen MR) is 72.0 cm³/mol. The summed E-state index contributed by atoms with van der Waals surface area (Å²) in [6, 6.07) is 2.07. The van der Waals surface area contributed by atoms with Crippen LogP contribution in [0.15, 0.2) is 11.4 Å². The van der Waals surface area contributed by atoms with Crippen LogP contribution in [0.25, 0.3) is 10.7 Å². The zero-order valence-electron chi connectivity index (χ0n) is 10.2. The van der Waals surface area contributed by atoms with Gasteiger partial charge < -0.3 is 5.43 Å². The van der Waals surface area contributed by atoms with Gasteiger partial charge in [-0.2, -0.15) is 0 Å². The molecule has 0 saturated carbocycles. The van der Waals surface area contributed by atoms with Crippen molar-refractivity contribution in [2.75, 3.05) is 5.43 Å². The first-order valence-corrected chi connectivity index (χ1v) is 6.44. The summed E-state index contributed by atoms with van der Waals surface area (Å²) in [5, 5.41) is 2.05. The Morgan fingerprint density at radius 1 is 1.35 bits per heavy atom. The van der Waals surface area contributed by atoms with Crippen LogP contribution < -0.4 is 11.3 Å². The molecule has 17 heavy (non-hydrogen) atoms. The lowest BCUT2D eigenvalue weighted by Gasteiger charge is -2.10. The summed E-state index contributed by atoms with van der Waals surface area (Å²) >= 11 is 1.65. The highest BCUT2D eigenvalue weighted by Crippen LogP contribution is 2.28. The Morgan fingerprint density at radius 2 is 2.12 bits per heavy atom. The number of hydrogen-bond donors (Lipinski definition) is 2. The second kappa shape index (κ2) is 4.81. The average Bonchev–Trinajstić information content (AvgIpc) is 2.74. The molecular weight excluding hydrogens is 232 g/mol. The van der Waals surface area contributed by atoms with E-state index in [2.05, 4.69) is 35.3 Å². The number of thiophene rings is 1. The summed E-state index contributed by atoms with van der Waals surface area (Å²) in [7, 11) is 0. The predicted octanol–water partition coefficient (Wildman–Crippen LogP) is 2.67. The van der Waals surface area contributed by atoms with Gasteiger partial charge in [-0.15, -0.1) is 11.3 Å². The van der Waals surface area contributed by atoms with E-state index >= 15 is 0 Å². The smallest absolute Gasteiger partial charge is 0.172 e. The number of nitrogen functional groups attached to an aromatic ring is 1. The normalized spacial score (nSPS) is 10.6. The minimum absolute atomic E-state index is 0.725. The van der Waals surface area contributed by atoms with Gasteiger partial charge in [-0.1, -0.05) is 6.92 Å². The lowest BCUT2D eigenvalue weighted by Crippen LogP contribution is -2.13. The quantitative estimate of drug-likeness (QED) is 0.647. The Hall–Kier alpha value is -1.46. The fourth-order valence-electron chi connectivity index (χ4n) is 1.84. The molecule has 2 aromatic rings. The molecule has 90 valence electrons. The van der Waals surface area contributed by atoms with Gasteiger partial charge in [-0.25, -0.2) is 15.8 Å². The maximum absolute atomic E-state index is 5.52. The molecule has 0 atom stereocenters. The molecule has 0 spiro atoms. The second-order valence-corrected chi connectivity index (χ2v) is 4.81. The first-order valence-electron chi connectivity index (χ1n) is 5.56. The first kappa shape index (κ1) is 12.0. The van der Waals surface area contributed by atoms with Gasteiger partial charge in [0.25, 0.3) is 0 Å². The Bertz CT molecular complexity index is 533. The number of aromatic nitrogens is 2. The van der Waals surface area contributed by atoms with Crippen LogP contribution in [0, 0.1) is 13.8 Å². The van der Waals surface area contributed by atoms with Crippen LogP contribution in [-0.2, 0) is 6.42 Å². The Balaban J connectivity index is 2.58. The molecule has 2 rings (SSSR count). The lowest BCUT2D eigenvalue weighted by atomic mass is 10.1. The Morgan fingerprint density at radius 3 is 2.65 bits per heavy atom. The molecule has 2 aromatic heterocycles. The molecule has 5 heteroatoms. The molecule has 4 nitrogen and oxygen atoms in total. The van der Waals surface area contributed by atoms with E-state index < -0.39 is 0 Å². The molecular formula is C12H16N4S. The van der Waals surface area contributed by atoms with Crippen molar-refractivity contribution in [3.8, 4) is 10.7 Å². The van der Waals surface area contributed by atoms with Gasteiger partial charge in [0.2, 0.25) is 0 Å². The molecule has 0 amide bonds. The van der Waals surface area contributed by atoms with E-state index in [-0.39, 0.29) is 0 Å². The average molecular weight is 248 g/mol. The highest BCUT2D eigenvalue weighted by atomic mass is 32.1. The Labute approximate surface area is 105 Å². The van der Waals surface area contributed by atoms with E-state index in [0.29, 0.717) is 0 Å². The van der Waals surface area contributed by atoms with Gasteiger partial charge in [0.15, 0.2) is 5.82 Å². The molecule has 0 unspecified atom stereocenters. The third-order valence-corrected chi connectivity index (χ3v) is 3.78. The topological polar surface area (TPSA) is 63.8 Å². The number of anilines is 1. The summed E-state index contributed by atoms with van der Waals surface area (Å²) in [5.74, 6) is 6.99. The van der Waals surface area contributed by atoms with Crippen LogP contribution in [-0.4, -0.2) is 9.97 Å². The van der Waals surface area contributed by atoms with Crippen LogP contribution in [0.4, 0.5) is 5.82 Å². The van der Waals surface area contributed by atoms with E-state index in [4.69, 9.17) is 5.84 Å². The second-order valence-electron chi connectivity index (χ2n) is 3.89. The van der Waals surface area contributed by atoms with E-state index in [1.807, 2.05) is 12.3 Å².